The number of rotatable bonds is 2. The van der Waals surface area contributed by atoms with Crippen LogP contribution in [0.15, 0.2) is 16.9 Å². The molecular formula is C11H14N4O3. The minimum Gasteiger partial charge on any atom is -0.353 e. The molecule has 1 aliphatic heterocycles. The Kier molecular flexibility index (Phi) is 3.40. The maximum Gasteiger partial charge on any atom is 0.274 e. The summed E-state index contributed by atoms with van der Waals surface area (Å²) >= 11 is 0. The van der Waals surface area contributed by atoms with Gasteiger partial charge in [-0.3, -0.25) is 14.4 Å². The van der Waals surface area contributed by atoms with Gasteiger partial charge in [0.1, 0.15) is 5.69 Å². The van der Waals surface area contributed by atoms with E-state index in [9.17, 15) is 14.4 Å². The van der Waals surface area contributed by atoms with Crippen molar-refractivity contribution in [3.63, 3.8) is 0 Å². The summed E-state index contributed by atoms with van der Waals surface area (Å²) in [6.45, 7) is 3.11. The van der Waals surface area contributed by atoms with Gasteiger partial charge in [-0.25, -0.2) is 4.68 Å². The molecule has 1 aromatic rings. The molecule has 18 heavy (non-hydrogen) atoms. The van der Waals surface area contributed by atoms with Gasteiger partial charge in [-0.1, -0.05) is 0 Å². The van der Waals surface area contributed by atoms with E-state index >= 15 is 0 Å². The first kappa shape index (κ1) is 12.3. The van der Waals surface area contributed by atoms with E-state index < -0.39 is 0 Å². The van der Waals surface area contributed by atoms with Crippen molar-refractivity contribution in [1.29, 1.82) is 0 Å². The molecule has 0 aromatic carbocycles. The van der Waals surface area contributed by atoms with Gasteiger partial charge < -0.3 is 10.2 Å². The first-order valence-corrected chi connectivity index (χ1v) is 5.76. The Bertz CT molecular complexity index is 537. The van der Waals surface area contributed by atoms with Crippen molar-refractivity contribution in [1.82, 2.24) is 20.0 Å². The van der Waals surface area contributed by atoms with Crippen molar-refractivity contribution in [3.8, 4) is 0 Å². The fourth-order valence-corrected chi connectivity index (χ4v) is 1.76. The standard InChI is InChI=1S/C11H14N4O3/c1-2-15-10(17)4-3-8(13-15)11(18)14-6-5-12-9(16)7-14/h3-4H,2,5-7H2,1H3,(H,12,16). The highest BCUT2D eigenvalue weighted by Gasteiger charge is 2.23. The predicted octanol–water partition coefficient (Wildman–Crippen LogP) is -1.16. The number of aromatic nitrogens is 2. The van der Waals surface area contributed by atoms with Crippen molar-refractivity contribution in [2.24, 2.45) is 0 Å². The van der Waals surface area contributed by atoms with E-state index in [2.05, 4.69) is 10.4 Å². The van der Waals surface area contributed by atoms with Crippen molar-refractivity contribution in [2.45, 2.75) is 13.5 Å². The van der Waals surface area contributed by atoms with Crippen LogP contribution in [0.5, 0.6) is 0 Å². The van der Waals surface area contributed by atoms with E-state index in [0.29, 0.717) is 19.6 Å². The van der Waals surface area contributed by atoms with Gasteiger partial charge in [-0.15, -0.1) is 0 Å². The van der Waals surface area contributed by atoms with Gasteiger partial charge in [0.15, 0.2) is 0 Å². The second-order valence-electron chi connectivity index (χ2n) is 3.95. The number of amides is 2. The van der Waals surface area contributed by atoms with Crippen LogP contribution >= 0.6 is 0 Å². The van der Waals surface area contributed by atoms with Crippen molar-refractivity contribution in [2.75, 3.05) is 19.6 Å². The van der Waals surface area contributed by atoms with Gasteiger partial charge in [0.05, 0.1) is 6.54 Å². The maximum absolute atomic E-state index is 12.1. The van der Waals surface area contributed by atoms with Gasteiger partial charge in [0.2, 0.25) is 5.91 Å². The minimum absolute atomic E-state index is 0.0335. The van der Waals surface area contributed by atoms with Gasteiger partial charge in [0, 0.05) is 25.7 Å². The lowest BCUT2D eigenvalue weighted by Gasteiger charge is -2.26. The Morgan fingerprint density at radius 1 is 1.44 bits per heavy atom. The summed E-state index contributed by atoms with van der Waals surface area (Å²) in [4.78, 5) is 36.1. The zero-order chi connectivity index (χ0) is 13.1. The van der Waals surface area contributed by atoms with Crippen LogP contribution in [-0.4, -0.2) is 46.1 Å². The molecule has 1 fully saturated rings. The Labute approximate surface area is 103 Å². The molecule has 96 valence electrons. The summed E-state index contributed by atoms with van der Waals surface area (Å²) in [6.07, 6.45) is 0. The van der Waals surface area contributed by atoms with Crippen molar-refractivity contribution in [3.05, 3.63) is 28.2 Å². The number of piperazine rings is 1. The van der Waals surface area contributed by atoms with Gasteiger partial charge in [-0.2, -0.15) is 5.10 Å². The zero-order valence-electron chi connectivity index (χ0n) is 10.0. The van der Waals surface area contributed by atoms with Crippen LogP contribution in [0.4, 0.5) is 0 Å². The van der Waals surface area contributed by atoms with Gasteiger partial charge in [0.25, 0.3) is 11.5 Å². The summed E-state index contributed by atoms with van der Waals surface area (Å²) in [5, 5.41) is 6.61. The normalized spacial score (nSPS) is 15.4. The predicted molar refractivity (Wildman–Crippen MR) is 63.1 cm³/mol. The molecule has 1 aliphatic rings. The Hall–Kier alpha value is -2.18. The first-order chi connectivity index (χ1) is 8.61. The third-order valence-corrected chi connectivity index (χ3v) is 2.71. The molecule has 1 saturated heterocycles. The molecule has 1 N–H and O–H groups in total. The number of hydrogen-bond acceptors (Lipinski definition) is 4. The van der Waals surface area contributed by atoms with Crippen LogP contribution in [-0.2, 0) is 11.3 Å². The van der Waals surface area contributed by atoms with E-state index in [0.717, 1.165) is 0 Å². The molecule has 0 radical (unpaired) electrons. The highest BCUT2D eigenvalue weighted by molar-refractivity contribution is 5.95. The van der Waals surface area contributed by atoms with Crippen LogP contribution in [0.1, 0.15) is 17.4 Å². The number of nitrogens with zero attached hydrogens (tertiary/aromatic N) is 3. The van der Waals surface area contributed by atoms with Gasteiger partial charge >= 0.3 is 0 Å². The Morgan fingerprint density at radius 2 is 2.22 bits per heavy atom. The zero-order valence-corrected chi connectivity index (χ0v) is 10.0. The number of hydrogen-bond donors (Lipinski definition) is 1. The largest absolute Gasteiger partial charge is 0.353 e. The van der Waals surface area contributed by atoms with Crippen LogP contribution < -0.4 is 10.9 Å². The molecule has 2 heterocycles. The summed E-state index contributed by atoms with van der Waals surface area (Å²) in [7, 11) is 0. The second kappa shape index (κ2) is 4.99. The summed E-state index contributed by atoms with van der Waals surface area (Å²) in [5.74, 6) is -0.509. The average Bonchev–Trinajstić information content (AvgIpc) is 2.38. The van der Waals surface area contributed by atoms with Crippen LogP contribution in [0.25, 0.3) is 0 Å². The molecule has 7 nitrogen and oxygen atoms in total. The molecule has 0 bridgehead atoms. The quantitative estimate of drug-likeness (QED) is 0.717. The Morgan fingerprint density at radius 3 is 2.89 bits per heavy atom. The second-order valence-corrected chi connectivity index (χ2v) is 3.95. The molecule has 2 amide bonds. The molecule has 0 atom stereocenters. The smallest absolute Gasteiger partial charge is 0.274 e. The monoisotopic (exact) mass is 250 g/mol. The fourth-order valence-electron chi connectivity index (χ4n) is 1.76. The SMILES string of the molecule is CCn1nc(C(=O)N2CCNC(=O)C2)ccc1=O. The number of aryl methyl sites for hydroxylation is 1. The van der Waals surface area contributed by atoms with E-state index in [-0.39, 0.29) is 29.6 Å². The van der Waals surface area contributed by atoms with E-state index in [4.69, 9.17) is 0 Å². The van der Waals surface area contributed by atoms with Crippen LogP contribution in [0, 0.1) is 0 Å². The minimum atomic E-state index is -0.327. The fraction of sp³-hybridized carbons (Fsp3) is 0.455. The highest BCUT2D eigenvalue weighted by atomic mass is 16.2. The summed E-state index contributed by atoms with van der Waals surface area (Å²) in [6, 6.07) is 2.71. The molecule has 0 unspecified atom stereocenters. The topological polar surface area (TPSA) is 84.3 Å². The molecule has 7 heteroatoms. The number of carbonyl (C=O) groups is 2. The lowest BCUT2D eigenvalue weighted by atomic mass is 10.3. The Balaban J connectivity index is 2.23. The number of nitrogens with one attached hydrogen (secondary N) is 1. The van der Waals surface area contributed by atoms with Crippen LogP contribution in [0.2, 0.25) is 0 Å². The van der Waals surface area contributed by atoms with E-state index in [1.807, 2.05) is 0 Å². The maximum atomic E-state index is 12.1. The third kappa shape index (κ3) is 2.39. The average molecular weight is 250 g/mol. The molecule has 0 aliphatic carbocycles. The molecule has 1 aromatic heterocycles. The summed E-state index contributed by atoms with van der Waals surface area (Å²) < 4.78 is 1.22. The van der Waals surface area contributed by atoms with Gasteiger partial charge in [-0.05, 0) is 13.0 Å². The van der Waals surface area contributed by atoms with E-state index in [1.54, 1.807) is 6.92 Å². The summed E-state index contributed by atoms with van der Waals surface area (Å²) in [5.41, 5.74) is -0.0587. The molecule has 0 spiro atoms. The van der Waals surface area contributed by atoms with Crippen molar-refractivity contribution >= 4 is 11.8 Å². The lowest BCUT2D eigenvalue weighted by molar-refractivity contribution is -0.123. The first-order valence-electron chi connectivity index (χ1n) is 5.76. The lowest BCUT2D eigenvalue weighted by Crippen LogP contribution is -2.50. The van der Waals surface area contributed by atoms with Crippen LogP contribution in [0.3, 0.4) is 0 Å². The molecule has 0 saturated carbocycles. The van der Waals surface area contributed by atoms with Crippen molar-refractivity contribution < 1.29 is 9.59 Å². The van der Waals surface area contributed by atoms with E-state index in [1.165, 1.54) is 21.7 Å². The molecule has 2 rings (SSSR count). The third-order valence-electron chi connectivity index (χ3n) is 2.71. The number of carbonyl (C=O) groups excluding carboxylic acids is 2. The molecular weight excluding hydrogens is 236 g/mol. The highest BCUT2D eigenvalue weighted by Crippen LogP contribution is 2.02.